The Kier molecular flexibility index (Phi) is 5.00. The Morgan fingerprint density at radius 3 is 2.47 bits per heavy atom. The van der Waals surface area contributed by atoms with Gasteiger partial charge in [0.2, 0.25) is 0 Å². The fourth-order valence-electron chi connectivity index (χ4n) is 1.48. The molecule has 92 valence electrons. The number of carbonyl (C=O) groups is 2. The van der Waals surface area contributed by atoms with Crippen LogP contribution in [0.25, 0.3) is 0 Å². The normalized spacial score (nSPS) is 9.71. The highest BCUT2D eigenvalue weighted by Gasteiger charge is 2.13. The predicted octanol–water partition coefficient (Wildman–Crippen LogP) is 1.70. The van der Waals surface area contributed by atoms with Crippen LogP contribution in [0.15, 0.2) is 30.3 Å². The van der Waals surface area contributed by atoms with Crippen molar-refractivity contribution in [2.24, 2.45) is 0 Å². The summed E-state index contributed by atoms with van der Waals surface area (Å²) in [5.74, 6) is -0.852. The Morgan fingerprint density at radius 2 is 1.94 bits per heavy atom. The molecule has 0 unspecified atom stereocenters. The molecule has 17 heavy (non-hydrogen) atoms. The highest BCUT2D eigenvalue weighted by atomic mass is 16.4. The fourth-order valence-corrected chi connectivity index (χ4v) is 1.48. The Labute approximate surface area is 100 Å². The van der Waals surface area contributed by atoms with Gasteiger partial charge < -0.3 is 10.4 Å². The molecule has 0 aliphatic carbocycles. The quantitative estimate of drug-likeness (QED) is 0.817. The van der Waals surface area contributed by atoms with Gasteiger partial charge in [-0.2, -0.15) is 0 Å². The highest BCUT2D eigenvalue weighted by molar-refractivity contribution is 5.91. The molecular formula is C12H16N2O3. The average Bonchev–Trinajstić information content (AvgIpc) is 2.34. The molecule has 2 amide bonds. The summed E-state index contributed by atoms with van der Waals surface area (Å²) in [7, 11) is 1.55. The molecule has 0 aromatic heterocycles. The lowest BCUT2D eigenvalue weighted by molar-refractivity contribution is -0.137. The van der Waals surface area contributed by atoms with Crippen molar-refractivity contribution in [1.82, 2.24) is 5.32 Å². The zero-order chi connectivity index (χ0) is 12.7. The molecule has 0 spiro atoms. The molecule has 1 aromatic carbocycles. The summed E-state index contributed by atoms with van der Waals surface area (Å²) in [6, 6.07) is 8.93. The number of carboxylic acid groups (broad SMARTS) is 1. The lowest BCUT2D eigenvalue weighted by atomic mass is 10.2. The monoisotopic (exact) mass is 236 g/mol. The van der Waals surface area contributed by atoms with Gasteiger partial charge in [0.25, 0.3) is 0 Å². The van der Waals surface area contributed by atoms with Crippen LogP contribution in [-0.2, 0) is 4.79 Å². The van der Waals surface area contributed by atoms with E-state index in [2.05, 4.69) is 5.32 Å². The van der Waals surface area contributed by atoms with Gasteiger partial charge in [-0.3, -0.25) is 9.69 Å². The Morgan fingerprint density at radius 1 is 1.29 bits per heavy atom. The van der Waals surface area contributed by atoms with E-state index in [4.69, 9.17) is 5.11 Å². The predicted molar refractivity (Wildman–Crippen MR) is 65.1 cm³/mol. The van der Waals surface area contributed by atoms with Crippen molar-refractivity contribution in [2.75, 3.05) is 18.5 Å². The van der Waals surface area contributed by atoms with Crippen LogP contribution in [0.5, 0.6) is 0 Å². The first-order valence-electron chi connectivity index (χ1n) is 5.41. The first-order chi connectivity index (χ1) is 8.15. The minimum atomic E-state index is -0.852. The van der Waals surface area contributed by atoms with Crippen molar-refractivity contribution in [3.8, 4) is 0 Å². The van der Waals surface area contributed by atoms with E-state index < -0.39 is 5.97 Å². The summed E-state index contributed by atoms with van der Waals surface area (Å²) in [6.07, 6.45) is 0.484. The van der Waals surface area contributed by atoms with Crippen LogP contribution in [0.1, 0.15) is 12.8 Å². The summed E-state index contributed by atoms with van der Waals surface area (Å²) >= 11 is 0. The van der Waals surface area contributed by atoms with E-state index in [1.165, 1.54) is 4.90 Å². The lowest BCUT2D eigenvalue weighted by Gasteiger charge is -2.21. The van der Waals surface area contributed by atoms with E-state index in [1.807, 2.05) is 30.3 Å². The van der Waals surface area contributed by atoms with Gasteiger partial charge in [0, 0.05) is 25.7 Å². The number of urea groups is 1. The largest absolute Gasteiger partial charge is 0.481 e. The number of hydrogen-bond donors (Lipinski definition) is 2. The van der Waals surface area contributed by atoms with E-state index in [1.54, 1.807) is 7.05 Å². The van der Waals surface area contributed by atoms with Crippen LogP contribution in [0.3, 0.4) is 0 Å². The molecule has 0 radical (unpaired) electrons. The summed E-state index contributed by atoms with van der Waals surface area (Å²) in [6.45, 7) is 0.385. The number of aliphatic carboxylic acids is 1. The van der Waals surface area contributed by atoms with E-state index >= 15 is 0 Å². The molecule has 0 saturated carbocycles. The van der Waals surface area contributed by atoms with Crippen molar-refractivity contribution < 1.29 is 14.7 Å². The number of benzene rings is 1. The molecule has 1 aromatic rings. The van der Waals surface area contributed by atoms with E-state index in [0.29, 0.717) is 13.0 Å². The molecule has 0 aliphatic heterocycles. The molecular weight excluding hydrogens is 220 g/mol. The molecule has 5 nitrogen and oxygen atoms in total. The second-order valence-electron chi connectivity index (χ2n) is 3.54. The van der Waals surface area contributed by atoms with Crippen molar-refractivity contribution in [3.05, 3.63) is 30.3 Å². The van der Waals surface area contributed by atoms with E-state index in [0.717, 1.165) is 5.69 Å². The van der Waals surface area contributed by atoms with Crippen LogP contribution >= 0.6 is 0 Å². The fraction of sp³-hybridized carbons (Fsp3) is 0.333. The molecule has 2 N–H and O–H groups in total. The summed E-state index contributed by atoms with van der Waals surface area (Å²) in [4.78, 5) is 23.6. The standard InChI is InChI=1S/C12H16N2O3/c1-13-12(17)14(9-5-8-11(15)16)10-6-3-2-4-7-10/h2-4,6-7H,5,8-9H2,1H3,(H,13,17)(H,15,16). The third-order valence-electron chi connectivity index (χ3n) is 2.30. The summed E-state index contributed by atoms with van der Waals surface area (Å²) in [5.41, 5.74) is 0.761. The van der Waals surface area contributed by atoms with Gasteiger partial charge in [-0.25, -0.2) is 4.79 Å². The highest BCUT2D eigenvalue weighted by Crippen LogP contribution is 2.14. The van der Waals surface area contributed by atoms with Crippen LogP contribution < -0.4 is 10.2 Å². The SMILES string of the molecule is CNC(=O)N(CCCC(=O)O)c1ccccc1. The van der Waals surface area contributed by atoms with Gasteiger partial charge in [-0.05, 0) is 18.6 Å². The van der Waals surface area contributed by atoms with Gasteiger partial charge in [-0.15, -0.1) is 0 Å². The lowest BCUT2D eigenvalue weighted by Crippen LogP contribution is -2.38. The first kappa shape index (κ1) is 13.0. The Bertz CT molecular complexity index is 379. The smallest absolute Gasteiger partial charge is 0.321 e. The number of nitrogens with zero attached hydrogens (tertiary/aromatic N) is 1. The number of carbonyl (C=O) groups excluding carboxylic acids is 1. The maximum Gasteiger partial charge on any atom is 0.321 e. The Balaban J connectivity index is 2.68. The van der Waals surface area contributed by atoms with Crippen LogP contribution in [0, 0.1) is 0 Å². The van der Waals surface area contributed by atoms with Gasteiger partial charge in [0.05, 0.1) is 0 Å². The molecule has 0 saturated heterocycles. The molecule has 1 rings (SSSR count). The molecule has 0 heterocycles. The number of rotatable bonds is 5. The van der Waals surface area contributed by atoms with E-state index in [9.17, 15) is 9.59 Å². The molecule has 0 bridgehead atoms. The number of nitrogens with one attached hydrogen (secondary N) is 1. The third kappa shape index (κ3) is 4.14. The second-order valence-corrected chi connectivity index (χ2v) is 3.54. The van der Waals surface area contributed by atoms with Crippen molar-refractivity contribution in [3.63, 3.8) is 0 Å². The maximum absolute atomic E-state index is 11.7. The molecule has 0 aliphatic rings. The zero-order valence-electron chi connectivity index (χ0n) is 9.72. The summed E-state index contributed by atoms with van der Waals surface area (Å²) in [5, 5.41) is 11.1. The average molecular weight is 236 g/mol. The number of para-hydroxylation sites is 1. The minimum Gasteiger partial charge on any atom is -0.481 e. The number of carboxylic acids is 1. The molecule has 0 fully saturated rings. The maximum atomic E-state index is 11.7. The Hall–Kier alpha value is -2.04. The summed E-state index contributed by atoms with van der Waals surface area (Å²) < 4.78 is 0. The number of hydrogen-bond acceptors (Lipinski definition) is 2. The topological polar surface area (TPSA) is 69.6 Å². The molecule has 0 atom stereocenters. The van der Waals surface area contributed by atoms with Gasteiger partial charge >= 0.3 is 12.0 Å². The van der Waals surface area contributed by atoms with E-state index in [-0.39, 0.29) is 12.5 Å². The van der Waals surface area contributed by atoms with Gasteiger partial charge in [0.1, 0.15) is 0 Å². The van der Waals surface area contributed by atoms with Crippen LogP contribution in [0.4, 0.5) is 10.5 Å². The molecule has 5 heteroatoms. The zero-order valence-corrected chi connectivity index (χ0v) is 9.72. The van der Waals surface area contributed by atoms with Gasteiger partial charge in [-0.1, -0.05) is 18.2 Å². The third-order valence-corrected chi connectivity index (χ3v) is 2.30. The first-order valence-corrected chi connectivity index (χ1v) is 5.41. The number of amides is 2. The van der Waals surface area contributed by atoms with Gasteiger partial charge in [0.15, 0.2) is 0 Å². The minimum absolute atomic E-state index is 0.0559. The second kappa shape index (κ2) is 6.52. The number of anilines is 1. The van der Waals surface area contributed by atoms with Crippen molar-refractivity contribution >= 4 is 17.7 Å². The van der Waals surface area contributed by atoms with Crippen molar-refractivity contribution in [2.45, 2.75) is 12.8 Å². The van der Waals surface area contributed by atoms with Crippen molar-refractivity contribution in [1.29, 1.82) is 0 Å². The van der Waals surface area contributed by atoms with Crippen LogP contribution in [-0.4, -0.2) is 30.7 Å². The van der Waals surface area contributed by atoms with Crippen LogP contribution in [0.2, 0.25) is 0 Å².